The lowest BCUT2D eigenvalue weighted by atomic mass is 9.92. The Labute approximate surface area is 113 Å². The van der Waals surface area contributed by atoms with Crippen LogP contribution in [-0.2, 0) is 0 Å². The van der Waals surface area contributed by atoms with Crippen molar-refractivity contribution in [3.05, 3.63) is 0 Å². The van der Waals surface area contributed by atoms with Crippen molar-refractivity contribution in [2.45, 2.75) is 40.0 Å². The number of hydrogen-bond acceptors (Lipinski definition) is 3. The summed E-state index contributed by atoms with van der Waals surface area (Å²) >= 11 is 0. The predicted molar refractivity (Wildman–Crippen MR) is 77.0 cm³/mol. The number of hydrogen-bond donors (Lipinski definition) is 1. The Balaban J connectivity index is 1.76. The summed E-state index contributed by atoms with van der Waals surface area (Å²) in [4.78, 5) is 2.71. The van der Waals surface area contributed by atoms with Gasteiger partial charge >= 0.3 is 0 Å². The molecule has 2 N–H and O–H groups in total. The molecule has 0 spiro atoms. The van der Waals surface area contributed by atoms with Crippen molar-refractivity contribution < 1.29 is 0 Å². The van der Waals surface area contributed by atoms with E-state index < -0.39 is 0 Å². The SMILES string of the molecule is CCC(C)CC(CC)CN1CC2CN(N)CC2C1. The molecule has 106 valence electrons. The fraction of sp³-hybridized carbons (Fsp3) is 1.00. The Bertz CT molecular complexity index is 242. The van der Waals surface area contributed by atoms with Gasteiger partial charge in [-0.25, -0.2) is 5.01 Å². The molecular formula is C15H31N3. The molecule has 4 atom stereocenters. The third-order valence-electron chi connectivity index (χ3n) is 5.12. The first-order chi connectivity index (χ1) is 8.62. The van der Waals surface area contributed by atoms with Gasteiger partial charge in [-0.3, -0.25) is 5.84 Å². The second-order valence-electron chi connectivity index (χ2n) is 6.72. The fourth-order valence-electron chi connectivity index (χ4n) is 3.75. The molecule has 2 heterocycles. The van der Waals surface area contributed by atoms with Gasteiger partial charge in [0.15, 0.2) is 0 Å². The minimum Gasteiger partial charge on any atom is -0.302 e. The first kappa shape index (κ1) is 14.3. The highest BCUT2D eigenvalue weighted by atomic mass is 15.4. The van der Waals surface area contributed by atoms with Gasteiger partial charge in [-0.15, -0.1) is 0 Å². The molecule has 2 fully saturated rings. The van der Waals surface area contributed by atoms with Crippen molar-refractivity contribution in [1.82, 2.24) is 9.91 Å². The molecule has 2 aliphatic rings. The van der Waals surface area contributed by atoms with Crippen LogP contribution in [-0.4, -0.2) is 42.6 Å². The molecule has 0 aromatic carbocycles. The van der Waals surface area contributed by atoms with E-state index in [0.29, 0.717) is 0 Å². The average Bonchev–Trinajstić information content (AvgIpc) is 2.84. The maximum absolute atomic E-state index is 5.90. The minimum absolute atomic E-state index is 0.844. The van der Waals surface area contributed by atoms with E-state index in [0.717, 1.165) is 36.8 Å². The van der Waals surface area contributed by atoms with Crippen LogP contribution in [0.4, 0.5) is 0 Å². The van der Waals surface area contributed by atoms with E-state index in [-0.39, 0.29) is 0 Å². The topological polar surface area (TPSA) is 32.5 Å². The van der Waals surface area contributed by atoms with Crippen LogP contribution in [0.15, 0.2) is 0 Å². The standard InChI is InChI=1S/C15H31N3/c1-4-12(3)6-13(5-2)7-17-8-14-10-18(16)11-15(14)9-17/h12-15H,4-11,16H2,1-3H3. The van der Waals surface area contributed by atoms with Gasteiger partial charge in [-0.05, 0) is 30.1 Å². The highest BCUT2D eigenvalue weighted by molar-refractivity contribution is 4.91. The summed E-state index contributed by atoms with van der Waals surface area (Å²) in [6, 6.07) is 0. The first-order valence-electron chi connectivity index (χ1n) is 7.84. The molecule has 0 radical (unpaired) electrons. The molecule has 18 heavy (non-hydrogen) atoms. The van der Waals surface area contributed by atoms with Crippen molar-refractivity contribution in [3.8, 4) is 0 Å². The quantitative estimate of drug-likeness (QED) is 0.737. The third-order valence-corrected chi connectivity index (χ3v) is 5.12. The van der Waals surface area contributed by atoms with Crippen LogP contribution in [0.5, 0.6) is 0 Å². The predicted octanol–water partition coefficient (Wildman–Crippen LogP) is 2.19. The summed E-state index contributed by atoms with van der Waals surface area (Å²) in [5.41, 5.74) is 0. The summed E-state index contributed by atoms with van der Waals surface area (Å²) < 4.78 is 0. The van der Waals surface area contributed by atoms with Crippen LogP contribution < -0.4 is 5.84 Å². The van der Waals surface area contributed by atoms with Crippen molar-refractivity contribution in [1.29, 1.82) is 0 Å². The van der Waals surface area contributed by atoms with Gasteiger partial charge in [0.1, 0.15) is 0 Å². The zero-order valence-electron chi connectivity index (χ0n) is 12.4. The molecule has 0 aromatic rings. The van der Waals surface area contributed by atoms with Crippen molar-refractivity contribution >= 4 is 0 Å². The molecule has 0 amide bonds. The van der Waals surface area contributed by atoms with Crippen LogP contribution in [0.1, 0.15) is 40.0 Å². The Morgan fingerprint density at radius 2 is 1.67 bits per heavy atom. The van der Waals surface area contributed by atoms with E-state index >= 15 is 0 Å². The largest absolute Gasteiger partial charge is 0.302 e. The summed E-state index contributed by atoms with van der Waals surface area (Å²) in [5.74, 6) is 9.37. The number of nitrogens with two attached hydrogens (primary N) is 1. The van der Waals surface area contributed by atoms with E-state index in [9.17, 15) is 0 Å². The normalized spacial score (nSPS) is 32.7. The van der Waals surface area contributed by atoms with Crippen LogP contribution in [0, 0.1) is 23.7 Å². The number of likely N-dealkylation sites (tertiary alicyclic amines) is 1. The molecule has 2 aliphatic heterocycles. The Hall–Kier alpha value is -0.120. The lowest BCUT2D eigenvalue weighted by Gasteiger charge is -2.26. The third kappa shape index (κ3) is 3.46. The molecule has 3 heteroatoms. The Morgan fingerprint density at radius 1 is 1.06 bits per heavy atom. The van der Waals surface area contributed by atoms with E-state index in [1.54, 1.807) is 0 Å². The number of hydrazine groups is 1. The van der Waals surface area contributed by atoms with Gasteiger partial charge < -0.3 is 4.90 Å². The molecular weight excluding hydrogens is 222 g/mol. The fourth-order valence-corrected chi connectivity index (χ4v) is 3.75. The van der Waals surface area contributed by atoms with Gasteiger partial charge in [-0.2, -0.15) is 0 Å². The first-order valence-corrected chi connectivity index (χ1v) is 7.84. The van der Waals surface area contributed by atoms with Crippen molar-refractivity contribution in [2.24, 2.45) is 29.5 Å². The zero-order valence-corrected chi connectivity index (χ0v) is 12.4. The Kier molecular flexibility index (Phi) is 5.05. The zero-order chi connectivity index (χ0) is 13.1. The monoisotopic (exact) mass is 253 g/mol. The smallest absolute Gasteiger partial charge is 0.0172 e. The number of rotatable bonds is 6. The second kappa shape index (κ2) is 6.36. The summed E-state index contributed by atoms with van der Waals surface area (Å²) in [5, 5.41) is 2.02. The van der Waals surface area contributed by atoms with Gasteiger partial charge in [0.25, 0.3) is 0 Å². The van der Waals surface area contributed by atoms with Crippen LogP contribution in [0.3, 0.4) is 0 Å². The molecule has 2 saturated heterocycles. The summed E-state index contributed by atoms with van der Waals surface area (Å²) in [7, 11) is 0. The van der Waals surface area contributed by atoms with E-state index in [4.69, 9.17) is 5.84 Å². The van der Waals surface area contributed by atoms with Crippen LogP contribution in [0.2, 0.25) is 0 Å². The highest BCUT2D eigenvalue weighted by Crippen LogP contribution is 2.31. The van der Waals surface area contributed by atoms with Gasteiger partial charge in [-0.1, -0.05) is 33.6 Å². The lowest BCUT2D eigenvalue weighted by Crippen LogP contribution is -2.35. The summed E-state index contributed by atoms with van der Waals surface area (Å²) in [6.45, 7) is 13.2. The second-order valence-corrected chi connectivity index (χ2v) is 6.72. The molecule has 3 nitrogen and oxygen atoms in total. The molecule has 4 unspecified atom stereocenters. The minimum atomic E-state index is 0.844. The molecule has 0 bridgehead atoms. The summed E-state index contributed by atoms with van der Waals surface area (Å²) in [6.07, 6.45) is 4.06. The number of nitrogens with zero attached hydrogens (tertiary/aromatic N) is 2. The van der Waals surface area contributed by atoms with Gasteiger partial charge in [0, 0.05) is 32.7 Å². The molecule has 0 saturated carbocycles. The van der Waals surface area contributed by atoms with Gasteiger partial charge in [0.05, 0.1) is 0 Å². The molecule has 0 aliphatic carbocycles. The van der Waals surface area contributed by atoms with Crippen molar-refractivity contribution in [3.63, 3.8) is 0 Å². The maximum Gasteiger partial charge on any atom is 0.0172 e. The molecule has 2 rings (SSSR count). The van der Waals surface area contributed by atoms with Gasteiger partial charge in [0.2, 0.25) is 0 Å². The maximum atomic E-state index is 5.90. The lowest BCUT2D eigenvalue weighted by molar-refractivity contribution is 0.212. The van der Waals surface area contributed by atoms with E-state index in [1.807, 2.05) is 5.01 Å². The number of fused-ring (bicyclic) bond motifs is 1. The van der Waals surface area contributed by atoms with Crippen LogP contribution in [0.25, 0.3) is 0 Å². The average molecular weight is 253 g/mol. The highest BCUT2D eigenvalue weighted by Gasteiger charge is 2.39. The van der Waals surface area contributed by atoms with E-state index in [1.165, 1.54) is 38.9 Å². The van der Waals surface area contributed by atoms with Crippen LogP contribution >= 0.6 is 0 Å². The van der Waals surface area contributed by atoms with Crippen molar-refractivity contribution in [2.75, 3.05) is 32.7 Å². The van der Waals surface area contributed by atoms with E-state index in [2.05, 4.69) is 25.7 Å². The Morgan fingerprint density at radius 3 is 2.17 bits per heavy atom. The molecule has 0 aromatic heterocycles.